The van der Waals surface area contributed by atoms with Gasteiger partial charge in [0.25, 0.3) is 0 Å². The monoisotopic (exact) mass is 340 g/mol. The van der Waals surface area contributed by atoms with Crippen LogP contribution in [0.5, 0.6) is 0 Å². The molecule has 0 spiro atoms. The summed E-state index contributed by atoms with van der Waals surface area (Å²) >= 11 is 9.08. The van der Waals surface area contributed by atoms with Crippen LogP contribution in [-0.2, 0) is 10.0 Å². The summed E-state index contributed by atoms with van der Waals surface area (Å²) in [6, 6.07) is 4.72. The van der Waals surface area contributed by atoms with Crippen molar-refractivity contribution in [3.8, 4) is 0 Å². The molecule has 17 heavy (non-hydrogen) atoms. The Bertz CT molecular complexity index is 479. The number of nitrogens with one attached hydrogen (secondary N) is 2. The molecule has 0 radical (unpaired) electrons. The van der Waals surface area contributed by atoms with Crippen molar-refractivity contribution in [2.45, 2.75) is 11.8 Å². The van der Waals surface area contributed by atoms with Gasteiger partial charge in [-0.15, -0.1) is 0 Å². The molecule has 0 amide bonds. The average molecular weight is 342 g/mol. The molecule has 0 atom stereocenters. The Labute approximate surface area is 115 Å². The number of hydrogen-bond donors (Lipinski definition) is 2. The maximum Gasteiger partial charge on any atom is 0.242 e. The third-order valence-electron chi connectivity index (χ3n) is 2.03. The molecule has 0 saturated heterocycles. The van der Waals surface area contributed by atoms with Crippen molar-refractivity contribution in [1.82, 2.24) is 10.0 Å². The van der Waals surface area contributed by atoms with Gasteiger partial charge in [-0.05, 0) is 24.7 Å². The van der Waals surface area contributed by atoms with Crippen LogP contribution in [0.25, 0.3) is 0 Å². The van der Waals surface area contributed by atoms with Gasteiger partial charge in [-0.25, -0.2) is 13.1 Å². The molecular formula is C10H14BrClN2O2S. The van der Waals surface area contributed by atoms with Gasteiger partial charge in [0.1, 0.15) is 4.90 Å². The van der Waals surface area contributed by atoms with E-state index in [2.05, 4.69) is 26.0 Å². The summed E-state index contributed by atoms with van der Waals surface area (Å²) < 4.78 is 27.0. The quantitative estimate of drug-likeness (QED) is 0.778. The van der Waals surface area contributed by atoms with E-state index in [-0.39, 0.29) is 9.92 Å². The zero-order valence-corrected chi connectivity index (χ0v) is 12.5. The minimum absolute atomic E-state index is 0.0880. The van der Waals surface area contributed by atoms with Crippen molar-refractivity contribution >= 4 is 37.6 Å². The number of benzene rings is 1. The maximum absolute atomic E-state index is 11.9. The highest BCUT2D eigenvalue weighted by atomic mass is 79.9. The number of halogens is 2. The van der Waals surface area contributed by atoms with Gasteiger partial charge in [-0.3, -0.25) is 0 Å². The predicted octanol–water partition coefficient (Wildman–Crippen LogP) is 1.99. The molecule has 4 nitrogen and oxygen atoms in total. The molecule has 0 aliphatic heterocycles. The summed E-state index contributed by atoms with van der Waals surface area (Å²) in [5.41, 5.74) is 0. The van der Waals surface area contributed by atoms with E-state index in [9.17, 15) is 8.42 Å². The summed E-state index contributed by atoms with van der Waals surface area (Å²) in [5, 5.41) is 3.24. The van der Waals surface area contributed by atoms with Crippen LogP contribution in [0, 0.1) is 0 Å². The first kappa shape index (κ1) is 14.9. The van der Waals surface area contributed by atoms with E-state index in [0.717, 1.165) is 6.54 Å². The lowest BCUT2D eigenvalue weighted by molar-refractivity contribution is 0.577. The van der Waals surface area contributed by atoms with E-state index in [0.29, 0.717) is 17.6 Å². The van der Waals surface area contributed by atoms with Crippen molar-refractivity contribution in [2.24, 2.45) is 0 Å². The number of hydrogen-bond acceptors (Lipinski definition) is 3. The Kier molecular flexibility index (Phi) is 5.88. The van der Waals surface area contributed by atoms with Crippen molar-refractivity contribution in [3.63, 3.8) is 0 Å². The first-order valence-electron chi connectivity index (χ1n) is 5.13. The third kappa shape index (κ3) is 4.56. The second-order valence-electron chi connectivity index (χ2n) is 3.33. The lowest BCUT2D eigenvalue weighted by Crippen LogP contribution is -2.31. The smallest absolute Gasteiger partial charge is 0.242 e. The number of sulfonamides is 1. The highest BCUT2D eigenvalue weighted by molar-refractivity contribution is 9.10. The van der Waals surface area contributed by atoms with Gasteiger partial charge in [0.2, 0.25) is 10.0 Å². The van der Waals surface area contributed by atoms with Gasteiger partial charge in [-0.2, -0.15) is 0 Å². The van der Waals surface area contributed by atoms with Crippen LogP contribution in [0.4, 0.5) is 0 Å². The summed E-state index contributed by atoms with van der Waals surface area (Å²) in [6.45, 7) is 3.68. The molecule has 0 unspecified atom stereocenters. The zero-order valence-electron chi connectivity index (χ0n) is 9.33. The fraction of sp³-hybridized carbons (Fsp3) is 0.400. The minimum atomic E-state index is -3.55. The summed E-state index contributed by atoms with van der Waals surface area (Å²) in [6.07, 6.45) is 0. The van der Waals surface area contributed by atoms with Crippen LogP contribution in [0.1, 0.15) is 6.92 Å². The molecule has 0 aliphatic carbocycles. The fourth-order valence-electron chi connectivity index (χ4n) is 1.21. The standard InChI is InChI=1S/C10H14BrClN2O2S/c1-2-13-5-6-14-17(15,16)10-7-8(11)3-4-9(10)12/h3-4,7,13-14H,2,5-6H2,1H3. The van der Waals surface area contributed by atoms with Gasteiger partial charge >= 0.3 is 0 Å². The van der Waals surface area contributed by atoms with Crippen LogP contribution in [0.15, 0.2) is 27.6 Å². The zero-order chi connectivity index (χ0) is 12.9. The van der Waals surface area contributed by atoms with Crippen LogP contribution in [-0.4, -0.2) is 28.1 Å². The second kappa shape index (κ2) is 6.70. The highest BCUT2D eigenvalue weighted by Gasteiger charge is 2.17. The van der Waals surface area contributed by atoms with Crippen molar-refractivity contribution in [1.29, 1.82) is 0 Å². The molecule has 1 rings (SSSR count). The Hall–Kier alpha value is -0.140. The molecule has 96 valence electrons. The van der Waals surface area contributed by atoms with Crippen LogP contribution >= 0.6 is 27.5 Å². The van der Waals surface area contributed by atoms with Crippen molar-refractivity contribution in [3.05, 3.63) is 27.7 Å². The molecule has 1 aromatic rings. The normalized spacial score (nSPS) is 11.7. The summed E-state index contributed by atoms with van der Waals surface area (Å²) in [4.78, 5) is 0.0880. The molecule has 0 aromatic heterocycles. The first-order valence-corrected chi connectivity index (χ1v) is 7.78. The molecule has 0 aliphatic rings. The number of rotatable bonds is 6. The first-order chi connectivity index (χ1) is 7.97. The van der Waals surface area contributed by atoms with Crippen molar-refractivity contribution < 1.29 is 8.42 Å². The van der Waals surface area contributed by atoms with E-state index in [1.54, 1.807) is 12.1 Å². The van der Waals surface area contributed by atoms with Crippen LogP contribution in [0.3, 0.4) is 0 Å². The Morgan fingerprint density at radius 3 is 2.71 bits per heavy atom. The largest absolute Gasteiger partial charge is 0.316 e. The molecular weight excluding hydrogens is 328 g/mol. The molecule has 1 aromatic carbocycles. The minimum Gasteiger partial charge on any atom is -0.316 e. The Morgan fingerprint density at radius 1 is 1.35 bits per heavy atom. The van der Waals surface area contributed by atoms with E-state index in [1.807, 2.05) is 6.92 Å². The second-order valence-corrected chi connectivity index (χ2v) is 6.38. The molecule has 2 N–H and O–H groups in total. The topological polar surface area (TPSA) is 58.2 Å². The number of likely N-dealkylation sites (N-methyl/N-ethyl adjacent to an activating group) is 1. The van der Waals surface area contributed by atoms with E-state index >= 15 is 0 Å². The Balaban J connectivity index is 2.79. The van der Waals surface area contributed by atoms with Crippen LogP contribution < -0.4 is 10.0 Å². The molecule has 7 heteroatoms. The molecule has 0 fully saturated rings. The lowest BCUT2D eigenvalue weighted by atomic mass is 10.4. The SMILES string of the molecule is CCNCCNS(=O)(=O)c1cc(Br)ccc1Cl. The van der Waals surface area contributed by atoms with Gasteiger partial charge in [0, 0.05) is 17.6 Å². The molecule has 0 bridgehead atoms. The molecule has 0 saturated carbocycles. The highest BCUT2D eigenvalue weighted by Crippen LogP contribution is 2.24. The van der Waals surface area contributed by atoms with E-state index < -0.39 is 10.0 Å². The lowest BCUT2D eigenvalue weighted by Gasteiger charge is -2.08. The van der Waals surface area contributed by atoms with Crippen LogP contribution in [0.2, 0.25) is 5.02 Å². The van der Waals surface area contributed by atoms with E-state index in [1.165, 1.54) is 6.07 Å². The van der Waals surface area contributed by atoms with Gasteiger partial charge in [0.15, 0.2) is 0 Å². The summed E-state index contributed by atoms with van der Waals surface area (Å²) in [5.74, 6) is 0. The third-order valence-corrected chi connectivity index (χ3v) is 4.46. The molecule has 0 heterocycles. The van der Waals surface area contributed by atoms with Gasteiger partial charge in [-0.1, -0.05) is 34.5 Å². The maximum atomic E-state index is 11.9. The summed E-state index contributed by atoms with van der Waals surface area (Å²) in [7, 11) is -3.55. The van der Waals surface area contributed by atoms with Gasteiger partial charge < -0.3 is 5.32 Å². The van der Waals surface area contributed by atoms with Gasteiger partial charge in [0.05, 0.1) is 5.02 Å². The Morgan fingerprint density at radius 2 is 2.06 bits per heavy atom. The fourth-order valence-corrected chi connectivity index (χ4v) is 3.28. The average Bonchev–Trinajstić information content (AvgIpc) is 2.28. The van der Waals surface area contributed by atoms with Crippen molar-refractivity contribution in [2.75, 3.05) is 19.6 Å². The van der Waals surface area contributed by atoms with E-state index in [4.69, 9.17) is 11.6 Å². The predicted molar refractivity (Wildman–Crippen MR) is 72.9 cm³/mol.